The molecule has 112 valence electrons. The van der Waals surface area contributed by atoms with E-state index in [0.29, 0.717) is 4.90 Å². The maximum absolute atomic E-state index is 12.2. The minimum atomic E-state index is -3.65. The average Bonchev–Trinajstić information content (AvgIpc) is 2.26. The smallest absolute Gasteiger partial charge is 0.319 e. The van der Waals surface area contributed by atoms with Crippen LogP contribution in [-0.4, -0.2) is 30.3 Å². The topological polar surface area (TPSA) is 83.5 Å². The second kappa shape index (κ2) is 6.15. The molecule has 1 aromatic carbocycles. The van der Waals surface area contributed by atoms with Crippen molar-refractivity contribution in [2.75, 3.05) is 0 Å². The molecular weight excluding hydrogens is 298 g/mol. The fourth-order valence-corrected chi connectivity index (χ4v) is 4.19. The Hall–Kier alpha value is -1.05. The van der Waals surface area contributed by atoms with Crippen LogP contribution in [0.4, 0.5) is 0 Å². The quantitative estimate of drug-likeness (QED) is 0.787. The van der Waals surface area contributed by atoms with Crippen LogP contribution in [0.3, 0.4) is 0 Å². The SMILES string of the molecule is CC(C)NS(=O)(=O)c1ccccc1SC(C)(C)C(=O)O. The lowest BCUT2D eigenvalue weighted by molar-refractivity contribution is -0.138. The van der Waals surface area contributed by atoms with Crippen molar-refractivity contribution in [3.8, 4) is 0 Å². The first-order valence-electron chi connectivity index (χ1n) is 6.10. The zero-order chi connectivity index (χ0) is 15.6. The average molecular weight is 317 g/mol. The van der Waals surface area contributed by atoms with Gasteiger partial charge in [-0.15, -0.1) is 11.8 Å². The molecule has 5 nitrogen and oxygen atoms in total. The number of aliphatic carboxylic acids is 1. The second-order valence-corrected chi connectivity index (χ2v) is 8.49. The Morgan fingerprint density at radius 3 is 2.35 bits per heavy atom. The summed E-state index contributed by atoms with van der Waals surface area (Å²) in [6.07, 6.45) is 0. The van der Waals surface area contributed by atoms with Crippen molar-refractivity contribution in [1.29, 1.82) is 0 Å². The Bertz CT molecular complexity index is 594. The first kappa shape index (κ1) is 17.0. The molecule has 0 aliphatic rings. The van der Waals surface area contributed by atoms with Gasteiger partial charge in [0.05, 0.1) is 4.90 Å². The van der Waals surface area contributed by atoms with Crippen LogP contribution >= 0.6 is 11.8 Å². The van der Waals surface area contributed by atoms with Gasteiger partial charge in [-0.05, 0) is 39.8 Å². The number of sulfonamides is 1. The molecule has 0 aliphatic carbocycles. The molecule has 0 fully saturated rings. The number of hydrogen-bond donors (Lipinski definition) is 2. The van der Waals surface area contributed by atoms with Gasteiger partial charge in [-0.2, -0.15) is 0 Å². The third kappa shape index (κ3) is 4.22. The molecule has 0 aliphatic heterocycles. The summed E-state index contributed by atoms with van der Waals surface area (Å²) in [6.45, 7) is 6.54. The summed E-state index contributed by atoms with van der Waals surface area (Å²) in [5.41, 5.74) is 0. The number of carboxylic acid groups (broad SMARTS) is 1. The zero-order valence-electron chi connectivity index (χ0n) is 11.9. The van der Waals surface area contributed by atoms with Crippen molar-refractivity contribution in [3.05, 3.63) is 24.3 Å². The van der Waals surface area contributed by atoms with Gasteiger partial charge < -0.3 is 5.11 Å². The van der Waals surface area contributed by atoms with E-state index in [-0.39, 0.29) is 10.9 Å². The molecule has 0 amide bonds. The lowest BCUT2D eigenvalue weighted by Gasteiger charge is -2.20. The molecule has 0 atom stereocenters. The molecule has 0 spiro atoms. The second-order valence-electron chi connectivity index (χ2n) is 5.14. The Morgan fingerprint density at radius 1 is 1.30 bits per heavy atom. The van der Waals surface area contributed by atoms with Crippen LogP contribution in [0.2, 0.25) is 0 Å². The van der Waals surface area contributed by atoms with Gasteiger partial charge in [0.1, 0.15) is 4.75 Å². The van der Waals surface area contributed by atoms with E-state index in [1.807, 2.05) is 0 Å². The summed E-state index contributed by atoms with van der Waals surface area (Å²) in [6, 6.07) is 6.17. The molecule has 0 unspecified atom stereocenters. The molecular formula is C13H19NO4S2. The van der Waals surface area contributed by atoms with Gasteiger partial charge in [0, 0.05) is 10.9 Å². The third-order valence-electron chi connectivity index (χ3n) is 2.41. The first-order valence-corrected chi connectivity index (χ1v) is 8.40. The van der Waals surface area contributed by atoms with Crippen LogP contribution in [0.15, 0.2) is 34.1 Å². The lowest BCUT2D eigenvalue weighted by Crippen LogP contribution is -2.31. The molecule has 2 N–H and O–H groups in total. The summed E-state index contributed by atoms with van der Waals surface area (Å²) in [5, 5.41) is 9.16. The molecule has 1 aromatic rings. The Kier molecular flexibility index (Phi) is 5.23. The van der Waals surface area contributed by atoms with Crippen LogP contribution < -0.4 is 4.72 Å². The van der Waals surface area contributed by atoms with E-state index in [2.05, 4.69) is 4.72 Å². The standard InChI is InChI=1S/C13H19NO4S2/c1-9(2)14-20(17,18)11-8-6-5-7-10(11)19-13(3,4)12(15)16/h5-9,14H,1-4H3,(H,15,16). The Labute approximate surface area is 123 Å². The summed E-state index contributed by atoms with van der Waals surface area (Å²) < 4.78 is 25.9. The van der Waals surface area contributed by atoms with Crippen molar-refractivity contribution in [3.63, 3.8) is 0 Å². The number of carbonyl (C=O) groups is 1. The van der Waals surface area contributed by atoms with E-state index >= 15 is 0 Å². The van der Waals surface area contributed by atoms with Crippen molar-refractivity contribution in [2.45, 2.75) is 48.3 Å². The number of hydrogen-bond acceptors (Lipinski definition) is 4. The van der Waals surface area contributed by atoms with Crippen LogP contribution in [0.25, 0.3) is 0 Å². The molecule has 0 saturated heterocycles. The van der Waals surface area contributed by atoms with Crippen molar-refractivity contribution >= 4 is 27.8 Å². The van der Waals surface area contributed by atoms with Gasteiger partial charge in [0.2, 0.25) is 10.0 Å². The first-order chi connectivity index (χ1) is 9.06. The Balaban J connectivity index is 3.22. The van der Waals surface area contributed by atoms with E-state index in [0.717, 1.165) is 11.8 Å². The number of rotatable bonds is 6. The highest BCUT2D eigenvalue weighted by molar-refractivity contribution is 8.02. The van der Waals surface area contributed by atoms with E-state index in [1.165, 1.54) is 6.07 Å². The third-order valence-corrected chi connectivity index (χ3v) is 5.52. The van der Waals surface area contributed by atoms with Gasteiger partial charge in [-0.1, -0.05) is 12.1 Å². The molecule has 0 saturated carbocycles. The molecule has 1 rings (SSSR count). The summed E-state index contributed by atoms with van der Waals surface area (Å²) >= 11 is 1.02. The fourth-order valence-electron chi connectivity index (χ4n) is 1.45. The Morgan fingerprint density at radius 2 is 1.85 bits per heavy atom. The van der Waals surface area contributed by atoms with Crippen LogP contribution in [0.5, 0.6) is 0 Å². The van der Waals surface area contributed by atoms with Crippen molar-refractivity contribution in [2.24, 2.45) is 0 Å². The highest BCUT2D eigenvalue weighted by Gasteiger charge is 2.31. The fraction of sp³-hybridized carbons (Fsp3) is 0.462. The predicted octanol–water partition coefficient (Wildman–Crippen LogP) is 2.33. The van der Waals surface area contributed by atoms with Crippen LogP contribution in [0, 0.1) is 0 Å². The molecule has 0 aromatic heterocycles. The molecule has 7 heteroatoms. The number of carboxylic acids is 1. The van der Waals surface area contributed by atoms with E-state index in [1.54, 1.807) is 45.9 Å². The largest absolute Gasteiger partial charge is 0.480 e. The maximum atomic E-state index is 12.2. The predicted molar refractivity (Wildman–Crippen MR) is 79.5 cm³/mol. The highest BCUT2D eigenvalue weighted by atomic mass is 32.2. The monoisotopic (exact) mass is 317 g/mol. The summed E-state index contributed by atoms with van der Waals surface area (Å²) in [7, 11) is -3.65. The molecule has 0 radical (unpaired) electrons. The molecule has 0 bridgehead atoms. The van der Waals surface area contributed by atoms with Crippen LogP contribution in [0.1, 0.15) is 27.7 Å². The highest BCUT2D eigenvalue weighted by Crippen LogP contribution is 2.36. The number of benzene rings is 1. The molecule has 0 heterocycles. The lowest BCUT2D eigenvalue weighted by atomic mass is 10.2. The summed E-state index contributed by atoms with van der Waals surface area (Å²) in [4.78, 5) is 11.7. The van der Waals surface area contributed by atoms with Crippen LogP contribution in [-0.2, 0) is 14.8 Å². The zero-order valence-corrected chi connectivity index (χ0v) is 13.5. The van der Waals surface area contributed by atoms with Gasteiger partial charge in [0.15, 0.2) is 0 Å². The number of nitrogens with one attached hydrogen (secondary N) is 1. The van der Waals surface area contributed by atoms with Gasteiger partial charge in [0.25, 0.3) is 0 Å². The van der Waals surface area contributed by atoms with Gasteiger partial charge in [-0.3, -0.25) is 4.79 Å². The van der Waals surface area contributed by atoms with Gasteiger partial charge >= 0.3 is 5.97 Å². The minimum Gasteiger partial charge on any atom is -0.480 e. The number of thioether (sulfide) groups is 1. The van der Waals surface area contributed by atoms with E-state index in [9.17, 15) is 13.2 Å². The van der Waals surface area contributed by atoms with Crippen molar-refractivity contribution < 1.29 is 18.3 Å². The minimum absolute atomic E-state index is 0.105. The van der Waals surface area contributed by atoms with Crippen molar-refractivity contribution in [1.82, 2.24) is 4.72 Å². The summed E-state index contributed by atoms with van der Waals surface area (Å²) in [5.74, 6) is -0.994. The maximum Gasteiger partial charge on any atom is 0.319 e. The van der Waals surface area contributed by atoms with E-state index in [4.69, 9.17) is 5.11 Å². The van der Waals surface area contributed by atoms with E-state index < -0.39 is 20.7 Å². The van der Waals surface area contributed by atoms with Gasteiger partial charge in [-0.25, -0.2) is 13.1 Å². The molecule has 20 heavy (non-hydrogen) atoms. The normalized spacial score (nSPS) is 12.7.